The molecule has 0 atom stereocenters. The van der Waals surface area contributed by atoms with Crippen LogP contribution in [0, 0.1) is 0 Å². The lowest BCUT2D eigenvalue weighted by atomic mass is 10.1. The molecule has 3 aromatic heterocycles. The third-order valence-electron chi connectivity index (χ3n) is 5.11. The molecule has 2 N–H and O–H groups in total. The Hall–Kier alpha value is -3.92. The summed E-state index contributed by atoms with van der Waals surface area (Å²) in [5.74, 6) is 0.418. The van der Waals surface area contributed by atoms with E-state index in [-0.39, 0.29) is 0 Å². The topological polar surface area (TPSA) is 108 Å². The number of benzene rings is 2. The van der Waals surface area contributed by atoms with Gasteiger partial charge in [-0.15, -0.1) is 5.10 Å². The van der Waals surface area contributed by atoms with Crippen molar-refractivity contribution >= 4 is 43.8 Å². The van der Waals surface area contributed by atoms with Gasteiger partial charge in [-0.2, -0.15) is 5.10 Å². The van der Waals surface area contributed by atoms with Gasteiger partial charge in [-0.1, -0.05) is 18.2 Å². The summed E-state index contributed by atoms with van der Waals surface area (Å²) in [5, 5.41) is 15.8. The van der Waals surface area contributed by atoms with Gasteiger partial charge in [-0.25, -0.2) is 17.9 Å². The van der Waals surface area contributed by atoms with Crippen LogP contribution in [-0.2, 0) is 10.0 Å². The molecule has 156 valence electrons. The zero-order valence-corrected chi connectivity index (χ0v) is 17.6. The van der Waals surface area contributed by atoms with Crippen molar-refractivity contribution in [1.82, 2.24) is 24.8 Å². The number of H-pyrrole nitrogens is 1. The summed E-state index contributed by atoms with van der Waals surface area (Å²) in [6, 6.07) is 16.9. The molecule has 2 aromatic carbocycles. The Bertz CT molecular complexity index is 1520. The second kappa shape index (κ2) is 7.10. The first kappa shape index (κ1) is 19.1. The summed E-state index contributed by atoms with van der Waals surface area (Å²) in [4.78, 5) is 4.40. The van der Waals surface area contributed by atoms with Gasteiger partial charge in [0.05, 0.1) is 41.1 Å². The predicted octanol–water partition coefficient (Wildman–Crippen LogP) is 3.41. The molecule has 9 nitrogen and oxygen atoms in total. The first-order valence-corrected chi connectivity index (χ1v) is 11.3. The summed E-state index contributed by atoms with van der Waals surface area (Å²) >= 11 is 0. The largest absolute Gasteiger partial charge is 0.323 e. The Morgan fingerprint density at radius 2 is 1.90 bits per heavy atom. The number of anilines is 3. The molecule has 0 fully saturated rings. The van der Waals surface area contributed by atoms with E-state index in [1.54, 1.807) is 23.0 Å². The number of para-hydroxylation sites is 1. The lowest BCUT2D eigenvalue weighted by Crippen LogP contribution is -2.25. The Kier molecular flexibility index (Phi) is 4.36. The van der Waals surface area contributed by atoms with E-state index in [2.05, 4.69) is 25.6 Å². The fourth-order valence-corrected chi connectivity index (χ4v) is 3.97. The average molecular weight is 433 g/mol. The molecule has 10 heteroatoms. The van der Waals surface area contributed by atoms with Crippen LogP contribution in [0.1, 0.15) is 0 Å². The van der Waals surface area contributed by atoms with Crippen LogP contribution in [0.5, 0.6) is 0 Å². The molecule has 0 aliphatic rings. The van der Waals surface area contributed by atoms with E-state index in [9.17, 15) is 8.42 Å². The minimum atomic E-state index is -3.41. The lowest BCUT2D eigenvalue weighted by molar-refractivity contribution is 0.600. The predicted molar refractivity (Wildman–Crippen MR) is 121 cm³/mol. The first-order chi connectivity index (χ1) is 14.9. The van der Waals surface area contributed by atoms with Crippen LogP contribution in [0.15, 0.2) is 67.0 Å². The number of nitrogens with one attached hydrogen (secondary N) is 2. The fourth-order valence-electron chi connectivity index (χ4n) is 3.46. The summed E-state index contributed by atoms with van der Waals surface area (Å²) in [7, 11) is -1.87. The maximum Gasteiger partial charge on any atom is 0.245 e. The van der Waals surface area contributed by atoms with Crippen LogP contribution in [0.4, 0.5) is 17.3 Å². The second-order valence-corrected chi connectivity index (χ2v) is 9.20. The standard InChI is InChI=1S/C21H19N7O2S/c1-27(31(2,29)30)19-6-4-3-5-17(19)20-10-8-16-13-22-21(26-28(16)20)24-15-7-9-18-14(11-15)12-23-25-18/h3-13H,1-2H3,(H,23,25)(H,24,26). The van der Waals surface area contributed by atoms with Gasteiger partial charge in [0.15, 0.2) is 0 Å². The monoisotopic (exact) mass is 433 g/mol. The number of fused-ring (bicyclic) bond motifs is 2. The van der Waals surface area contributed by atoms with Crippen LogP contribution >= 0.6 is 0 Å². The van der Waals surface area contributed by atoms with E-state index in [1.807, 2.05) is 48.5 Å². The van der Waals surface area contributed by atoms with Gasteiger partial charge >= 0.3 is 0 Å². The Morgan fingerprint density at radius 1 is 1.06 bits per heavy atom. The molecule has 0 amide bonds. The number of nitrogens with zero attached hydrogens (tertiary/aromatic N) is 5. The minimum Gasteiger partial charge on any atom is -0.323 e. The zero-order chi connectivity index (χ0) is 21.6. The number of rotatable bonds is 5. The summed E-state index contributed by atoms with van der Waals surface area (Å²) < 4.78 is 27.3. The molecule has 0 radical (unpaired) electrons. The van der Waals surface area contributed by atoms with Crippen LogP contribution in [0.25, 0.3) is 27.7 Å². The van der Waals surface area contributed by atoms with E-state index in [4.69, 9.17) is 0 Å². The van der Waals surface area contributed by atoms with Crippen LogP contribution in [0.2, 0.25) is 0 Å². The van der Waals surface area contributed by atoms with Crippen molar-refractivity contribution in [3.8, 4) is 11.3 Å². The Labute approximate surface area is 178 Å². The normalized spacial score (nSPS) is 11.8. The highest BCUT2D eigenvalue weighted by Crippen LogP contribution is 2.32. The van der Waals surface area contributed by atoms with Gasteiger partial charge in [0, 0.05) is 23.7 Å². The molecular weight excluding hydrogens is 414 g/mol. The fraction of sp³-hybridized carbons (Fsp3) is 0.0952. The van der Waals surface area contributed by atoms with Crippen LogP contribution < -0.4 is 9.62 Å². The molecule has 31 heavy (non-hydrogen) atoms. The van der Waals surface area contributed by atoms with Crippen LogP contribution in [-0.4, -0.2) is 46.5 Å². The van der Waals surface area contributed by atoms with Gasteiger partial charge in [0.2, 0.25) is 16.0 Å². The van der Waals surface area contributed by atoms with Crippen molar-refractivity contribution in [2.45, 2.75) is 0 Å². The third-order valence-corrected chi connectivity index (χ3v) is 6.30. The molecule has 0 saturated carbocycles. The molecule has 0 spiro atoms. The number of aromatic nitrogens is 5. The maximum atomic E-state index is 12.1. The van der Waals surface area contributed by atoms with Crippen molar-refractivity contribution in [3.05, 3.63) is 67.0 Å². The molecule has 0 aliphatic carbocycles. The minimum absolute atomic E-state index is 0.418. The second-order valence-electron chi connectivity index (χ2n) is 7.18. The van der Waals surface area contributed by atoms with Gasteiger partial charge in [-0.3, -0.25) is 9.40 Å². The van der Waals surface area contributed by atoms with Crippen molar-refractivity contribution in [3.63, 3.8) is 0 Å². The molecule has 5 aromatic rings. The molecule has 0 aliphatic heterocycles. The van der Waals surface area contributed by atoms with Gasteiger partial charge < -0.3 is 5.32 Å². The molecule has 0 unspecified atom stereocenters. The lowest BCUT2D eigenvalue weighted by Gasteiger charge is -2.20. The number of aromatic amines is 1. The summed E-state index contributed by atoms with van der Waals surface area (Å²) in [6.45, 7) is 0. The summed E-state index contributed by atoms with van der Waals surface area (Å²) in [5.41, 5.74) is 4.66. The smallest absolute Gasteiger partial charge is 0.245 e. The van der Waals surface area contributed by atoms with E-state index >= 15 is 0 Å². The van der Waals surface area contributed by atoms with Gasteiger partial charge in [-0.05, 0) is 36.4 Å². The Morgan fingerprint density at radius 3 is 2.74 bits per heavy atom. The molecular formula is C21H19N7O2S. The van der Waals surface area contributed by atoms with E-state index < -0.39 is 10.0 Å². The van der Waals surface area contributed by atoms with Gasteiger partial charge in [0.25, 0.3) is 0 Å². The third kappa shape index (κ3) is 3.46. The Balaban J connectivity index is 1.57. The van der Waals surface area contributed by atoms with E-state index in [0.717, 1.165) is 33.4 Å². The molecule has 0 saturated heterocycles. The quantitative estimate of drug-likeness (QED) is 0.440. The van der Waals surface area contributed by atoms with Crippen LogP contribution in [0.3, 0.4) is 0 Å². The molecule has 3 heterocycles. The highest BCUT2D eigenvalue weighted by atomic mass is 32.2. The number of sulfonamides is 1. The van der Waals surface area contributed by atoms with E-state index in [0.29, 0.717) is 11.6 Å². The SMILES string of the molecule is CN(c1ccccc1-c1ccc2cnc(Nc3ccc4[nH]ncc4c3)nn12)S(C)(=O)=O. The zero-order valence-electron chi connectivity index (χ0n) is 16.8. The average Bonchev–Trinajstić information content (AvgIpc) is 3.38. The van der Waals surface area contributed by atoms with Crippen molar-refractivity contribution in [2.75, 3.05) is 22.9 Å². The van der Waals surface area contributed by atoms with Crippen molar-refractivity contribution < 1.29 is 8.42 Å². The first-order valence-electron chi connectivity index (χ1n) is 9.48. The van der Waals surface area contributed by atoms with E-state index in [1.165, 1.54) is 17.6 Å². The molecule has 0 bridgehead atoms. The van der Waals surface area contributed by atoms with Gasteiger partial charge in [0.1, 0.15) is 0 Å². The maximum absolute atomic E-state index is 12.1. The van der Waals surface area contributed by atoms with Crippen molar-refractivity contribution in [2.24, 2.45) is 0 Å². The number of hydrogen-bond donors (Lipinski definition) is 2. The highest BCUT2D eigenvalue weighted by Gasteiger charge is 2.18. The number of hydrogen-bond acceptors (Lipinski definition) is 6. The highest BCUT2D eigenvalue weighted by molar-refractivity contribution is 7.92. The summed E-state index contributed by atoms with van der Waals surface area (Å²) in [6.07, 6.45) is 4.66. The van der Waals surface area contributed by atoms with Crippen molar-refractivity contribution in [1.29, 1.82) is 0 Å². The molecule has 5 rings (SSSR count).